The summed E-state index contributed by atoms with van der Waals surface area (Å²) in [5.41, 5.74) is 33.1. The molecule has 0 unspecified atom stereocenters. The van der Waals surface area contributed by atoms with Gasteiger partial charge in [-0.3, -0.25) is 0 Å². The van der Waals surface area contributed by atoms with E-state index < -0.39 is 0 Å². The van der Waals surface area contributed by atoms with E-state index in [4.69, 9.17) is 9.97 Å². The fraction of sp³-hybridized carbons (Fsp3) is 0. The fourth-order valence-electron chi connectivity index (χ4n) is 19.6. The van der Waals surface area contributed by atoms with Gasteiger partial charge in [0, 0.05) is 82.5 Å². The van der Waals surface area contributed by atoms with Crippen molar-refractivity contribution in [2.75, 3.05) is 0 Å². The van der Waals surface area contributed by atoms with E-state index in [2.05, 4.69) is 467 Å². The zero-order chi connectivity index (χ0) is 83.1. The van der Waals surface area contributed by atoms with E-state index in [0.717, 1.165) is 67.5 Å². The Morgan fingerprint density at radius 1 is 0.143 bits per heavy atom. The van der Waals surface area contributed by atoms with Crippen LogP contribution in [0.25, 0.3) is 232 Å². The molecule has 0 aliphatic carbocycles. The van der Waals surface area contributed by atoms with Crippen LogP contribution in [-0.2, 0) is 0 Å². The van der Waals surface area contributed by atoms with Crippen LogP contribution in [0.2, 0.25) is 0 Å². The first-order valence-corrected chi connectivity index (χ1v) is 43.2. The molecule has 6 heteroatoms. The van der Waals surface area contributed by atoms with Crippen LogP contribution in [0.5, 0.6) is 0 Å². The molecule has 0 fully saturated rings. The van der Waals surface area contributed by atoms with Gasteiger partial charge in [-0.15, -0.1) is 0 Å². The van der Waals surface area contributed by atoms with Crippen LogP contribution in [0.15, 0.2) is 473 Å². The number of benzene rings is 20. The lowest BCUT2D eigenvalue weighted by molar-refractivity contribution is 1.17. The quantitative estimate of drug-likeness (QED) is 0.115. The monoisotopic (exact) mass is 1600 g/mol. The van der Waals surface area contributed by atoms with Crippen molar-refractivity contribution in [1.29, 1.82) is 0 Å². The molecule has 6 nitrogen and oxygen atoms in total. The molecule has 0 amide bonds. The number of hydrogen-bond acceptors (Lipinski definition) is 2. The topological polar surface area (TPSA) is 45.5 Å². The molecule has 25 aromatic rings. The number of aromatic nitrogens is 6. The van der Waals surface area contributed by atoms with Gasteiger partial charge in [0.05, 0.1) is 55.5 Å². The molecule has 5 aromatic heterocycles. The highest BCUT2D eigenvalue weighted by Gasteiger charge is 2.25. The highest BCUT2D eigenvalue weighted by molar-refractivity contribution is 6.30. The van der Waals surface area contributed by atoms with Crippen molar-refractivity contribution in [2.45, 2.75) is 0 Å². The molecule has 0 spiro atoms. The Labute approximate surface area is 728 Å². The van der Waals surface area contributed by atoms with Gasteiger partial charge in [-0.2, -0.15) is 0 Å². The van der Waals surface area contributed by atoms with Crippen molar-refractivity contribution in [3.8, 4) is 123 Å². The van der Waals surface area contributed by atoms with Gasteiger partial charge in [0.1, 0.15) is 0 Å². The zero-order valence-electron chi connectivity index (χ0n) is 68.7. The molecule has 0 saturated heterocycles. The Morgan fingerprint density at radius 3 is 0.889 bits per heavy atom. The van der Waals surface area contributed by atoms with Crippen LogP contribution >= 0.6 is 0 Å². The lowest BCUT2D eigenvalue weighted by Gasteiger charge is -2.16. The van der Waals surface area contributed by atoms with E-state index >= 15 is 0 Å². The maximum Gasteiger partial charge on any atom is 0.160 e. The first-order chi connectivity index (χ1) is 62.5. The zero-order valence-corrected chi connectivity index (χ0v) is 68.7. The van der Waals surface area contributed by atoms with Crippen LogP contribution < -0.4 is 0 Å². The molecule has 25 rings (SSSR count). The lowest BCUT2D eigenvalue weighted by Crippen LogP contribution is -1.96. The minimum atomic E-state index is 0.700. The van der Waals surface area contributed by atoms with Gasteiger partial charge in [-0.25, -0.2) is 9.97 Å². The van der Waals surface area contributed by atoms with E-state index in [1.807, 2.05) is 24.3 Å². The number of nitrogens with zero attached hydrogens (tertiary/aromatic N) is 6. The van der Waals surface area contributed by atoms with E-state index in [0.29, 0.717) is 5.82 Å². The van der Waals surface area contributed by atoms with Gasteiger partial charge in [0.15, 0.2) is 5.82 Å². The second kappa shape index (κ2) is 30.7. The summed E-state index contributed by atoms with van der Waals surface area (Å²) in [5, 5.41) is 15.1. The summed E-state index contributed by atoms with van der Waals surface area (Å²) < 4.78 is 9.68. The molecule has 588 valence electrons. The lowest BCUT2D eigenvalue weighted by atomic mass is 9.89. The molecule has 0 N–H and O–H groups in total. The maximum atomic E-state index is 5.16. The molecule has 0 aliphatic rings. The van der Waals surface area contributed by atoms with Gasteiger partial charge < -0.3 is 18.3 Å². The van der Waals surface area contributed by atoms with Gasteiger partial charge in [0.2, 0.25) is 0 Å². The first kappa shape index (κ1) is 73.1. The summed E-state index contributed by atoms with van der Waals surface area (Å²) in [7, 11) is 0. The molecule has 20 aromatic carbocycles. The minimum Gasteiger partial charge on any atom is -0.309 e. The van der Waals surface area contributed by atoms with Crippen molar-refractivity contribution >= 4 is 109 Å². The fourth-order valence-corrected chi connectivity index (χ4v) is 19.6. The van der Waals surface area contributed by atoms with Crippen molar-refractivity contribution in [2.24, 2.45) is 0 Å². The molecular formula is C120H78N6. The van der Waals surface area contributed by atoms with Crippen LogP contribution in [0.3, 0.4) is 0 Å². The van der Waals surface area contributed by atoms with E-state index in [9.17, 15) is 0 Å². The first-order valence-electron chi connectivity index (χ1n) is 43.2. The van der Waals surface area contributed by atoms with Gasteiger partial charge in [0.25, 0.3) is 0 Å². The summed E-state index contributed by atoms with van der Waals surface area (Å²) >= 11 is 0. The maximum absolute atomic E-state index is 5.16. The van der Waals surface area contributed by atoms with E-state index in [1.54, 1.807) is 0 Å². The average Bonchev–Trinajstić information content (AvgIpc) is 1.55. The summed E-state index contributed by atoms with van der Waals surface area (Å²) in [5.74, 6) is 0.700. The smallest absolute Gasteiger partial charge is 0.160 e. The molecule has 5 heterocycles. The third-order valence-corrected chi connectivity index (χ3v) is 25.4. The number of rotatable bonds is 13. The number of fused-ring (bicyclic) bond motifs is 16. The van der Waals surface area contributed by atoms with E-state index in [1.165, 1.54) is 159 Å². The molecule has 0 aliphatic heterocycles. The predicted octanol–water partition coefficient (Wildman–Crippen LogP) is 31.9. The SMILES string of the molecule is c1ccc(-c2cccc(-c3cc(-c4cccc(-c5ccc(-n6c7ccccc7c7c8c9ccccc9n(-c9ccccc9)c8ccc76)cc5)c4)nc(-c4ccccc4)n3)c2)cc1.c1ccc(-n2c3ccccc3c3c4c5ccccc5n(-c5cccc(-c6ccccc6-c6cc(-c7ccc8ccccc8c7)cc(-c7ccc8ccccc8c7)c6)c5)c4ccc32)cc1. The normalized spacial score (nSPS) is 11.7. The van der Waals surface area contributed by atoms with E-state index in [-0.39, 0.29) is 0 Å². The van der Waals surface area contributed by atoms with Gasteiger partial charge in [-0.05, 0) is 234 Å². The third-order valence-electron chi connectivity index (χ3n) is 25.4. The predicted molar refractivity (Wildman–Crippen MR) is 530 cm³/mol. The van der Waals surface area contributed by atoms with Crippen molar-refractivity contribution in [3.05, 3.63) is 473 Å². The number of para-hydroxylation sites is 6. The summed E-state index contributed by atoms with van der Waals surface area (Å²) in [6.07, 6.45) is 0. The second-order valence-electron chi connectivity index (χ2n) is 32.7. The van der Waals surface area contributed by atoms with Crippen LogP contribution in [-0.4, -0.2) is 28.2 Å². The molecule has 0 atom stereocenters. The van der Waals surface area contributed by atoms with Crippen LogP contribution in [0, 0.1) is 0 Å². The Hall–Kier alpha value is -16.8. The Kier molecular flexibility index (Phi) is 17.8. The summed E-state index contributed by atoms with van der Waals surface area (Å²) in [6, 6.07) is 171. The molecule has 0 bridgehead atoms. The standard InChI is InChI=1S/C62H40N2.C58H38N4/c1-2-20-51(21-3-1)63-57-27-12-10-25-55(57)61-59(63)33-34-60-62(61)56-26-11-13-28-58(56)64(60)52-22-14-19-47(40-52)53-23-8-9-24-54(53)50-38-48(45-31-29-41-15-4-6-17-43(41)35-45)37-49(39-50)46-32-30-42-16-5-7-18-44(42)36-46;1-4-16-39(17-5-1)42-20-14-22-44(36-42)50-38-51(60-58(59-50)41-18-6-2-7-19-41)45-23-15-21-43(37-45)40-30-32-47(33-31-40)62-53-29-13-11-27-49(53)57-55(62)35-34-54-56(57)48-26-10-12-28-52(48)61(54)46-24-8-3-9-25-46/h1-40H;1-38H. The van der Waals surface area contributed by atoms with Crippen molar-refractivity contribution in [1.82, 2.24) is 28.2 Å². The Morgan fingerprint density at radius 2 is 0.437 bits per heavy atom. The van der Waals surface area contributed by atoms with Crippen LogP contribution in [0.4, 0.5) is 0 Å². The second-order valence-corrected chi connectivity index (χ2v) is 32.7. The highest BCUT2D eigenvalue weighted by atomic mass is 15.0. The average molecular weight is 1600 g/mol. The summed E-state index contributed by atoms with van der Waals surface area (Å²) in [6.45, 7) is 0. The van der Waals surface area contributed by atoms with Gasteiger partial charge >= 0.3 is 0 Å². The highest BCUT2D eigenvalue weighted by Crippen LogP contribution is 2.47. The number of hydrogen-bond donors (Lipinski definition) is 0. The van der Waals surface area contributed by atoms with Crippen molar-refractivity contribution in [3.63, 3.8) is 0 Å². The minimum absolute atomic E-state index is 0.700. The Balaban J connectivity index is 0.000000141. The Bertz CT molecular complexity index is 8470. The molecule has 126 heavy (non-hydrogen) atoms. The summed E-state index contributed by atoms with van der Waals surface area (Å²) in [4.78, 5) is 10.3. The third kappa shape index (κ3) is 12.7. The largest absolute Gasteiger partial charge is 0.309 e. The van der Waals surface area contributed by atoms with Gasteiger partial charge in [-0.1, -0.05) is 328 Å². The van der Waals surface area contributed by atoms with Crippen molar-refractivity contribution < 1.29 is 0 Å². The molecule has 0 saturated carbocycles. The molecular weight excluding hydrogens is 1530 g/mol. The van der Waals surface area contributed by atoms with Crippen LogP contribution in [0.1, 0.15) is 0 Å². The molecule has 0 radical (unpaired) electrons.